The van der Waals surface area contributed by atoms with E-state index in [0.717, 1.165) is 5.56 Å². The van der Waals surface area contributed by atoms with Crippen LogP contribution in [0.5, 0.6) is 17.2 Å². The molecule has 1 aromatic heterocycles. The average Bonchev–Trinajstić information content (AvgIpc) is 2.74. The summed E-state index contributed by atoms with van der Waals surface area (Å²) in [4.78, 5) is 29.2. The van der Waals surface area contributed by atoms with E-state index in [0.29, 0.717) is 18.0 Å². The summed E-state index contributed by atoms with van der Waals surface area (Å²) in [6.07, 6.45) is 3.30. The van der Waals surface area contributed by atoms with Gasteiger partial charge in [-0.2, -0.15) is 0 Å². The lowest BCUT2D eigenvalue weighted by molar-refractivity contribution is -0.384. The fourth-order valence-electron chi connectivity index (χ4n) is 2.70. The highest BCUT2D eigenvalue weighted by Gasteiger charge is 2.21. The molecule has 0 saturated carbocycles. The molecule has 148 valence electrons. The molecule has 1 heterocycles. The molecule has 1 amide bonds. The van der Waals surface area contributed by atoms with Gasteiger partial charge in [-0.3, -0.25) is 19.9 Å². The number of nitrogens with zero attached hydrogens (tertiary/aromatic N) is 3. The molecule has 0 saturated heterocycles. The quantitative estimate of drug-likeness (QED) is 0.444. The molecule has 0 fully saturated rings. The van der Waals surface area contributed by atoms with Crippen molar-refractivity contribution in [3.63, 3.8) is 0 Å². The molecular weight excluding hydrogens is 374 g/mol. The highest BCUT2D eigenvalue weighted by Crippen LogP contribution is 2.30. The van der Waals surface area contributed by atoms with E-state index < -0.39 is 10.8 Å². The van der Waals surface area contributed by atoms with E-state index in [1.165, 1.54) is 23.1 Å². The van der Waals surface area contributed by atoms with Crippen LogP contribution in [0.2, 0.25) is 0 Å². The van der Waals surface area contributed by atoms with Gasteiger partial charge < -0.3 is 14.4 Å². The Labute approximate surface area is 167 Å². The number of nitro benzene ring substituents is 1. The Kier molecular flexibility index (Phi) is 6.03. The minimum atomic E-state index is -0.547. The van der Waals surface area contributed by atoms with Gasteiger partial charge >= 0.3 is 0 Å². The first-order valence-corrected chi connectivity index (χ1v) is 8.72. The predicted octanol–water partition coefficient (Wildman–Crippen LogP) is 4.06. The third kappa shape index (κ3) is 4.86. The Morgan fingerprint density at radius 2 is 1.86 bits per heavy atom. The Bertz CT molecular complexity index is 1010. The number of ether oxygens (including phenoxy) is 2. The van der Waals surface area contributed by atoms with Crippen LogP contribution in [0.3, 0.4) is 0 Å². The first-order chi connectivity index (χ1) is 14.0. The van der Waals surface area contributed by atoms with E-state index in [4.69, 9.17) is 9.47 Å². The highest BCUT2D eigenvalue weighted by atomic mass is 16.6. The Balaban J connectivity index is 1.90. The van der Waals surface area contributed by atoms with Crippen molar-refractivity contribution < 1.29 is 19.2 Å². The van der Waals surface area contributed by atoms with Gasteiger partial charge in [0.1, 0.15) is 17.2 Å². The van der Waals surface area contributed by atoms with Gasteiger partial charge in [0.05, 0.1) is 17.6 Å². The van der Waals surface area contributed by atoms with Crippen LogP contribution in [0.15, 0.2) is 67.0 Å². The van der Waals surface area contributed by atoms with Crippen molar-refractivity contribution in [2.45, 2.75) is 6.54 Å². The summed E-state index contributed by atoms with van der Waals surface area (Å²) in [7, 11) is 3.17. The summed E-state index contributed by atoms with van der Waals surface area (Å²) in [5.41, 5.74) is 0.748. The monoisotopic (exact) mass is 393 g/mol. The first-order valence-electron chi connectivity index (χ1n) is 8.72. The molecule has 0 bridgehead atoms. The first kappa shape index (κ1) is 19.8. The average molecular weight is 393 g/mol. The van der Waals surface area contributed by atoms with Crippen LogP contribution in [0, 0.1) is 10.1 Å². The predicted molar refractivity (Wildman–Crippen MR) is 106 cm³/mol. The minimum absolute atomic E-state index is 0.0985. The molecule has 8 heteroatoms. The zero-order chi connectivity index (χ0) is 20.8. The highest BCUT2D eigenvalue weighted by molar-refractivity contribution is 5.97. The maximum Gasteiger partial charge on any atom is 0.270 e. The molecular formula is C21H19N3O5. The van der Waals surface area contributed by atoms with E-state index in [1.54, 1.807) is 56.9 Å². The normalized spacial score (nSPS) is 10.3. The Hall–Kier alpha value is -3.94. The lowest BCUT2D eigenvalue weighted by Crippen LogP contribution is -2.26. The molecule has 3 aromatic rings. The van der Waals surface area contributed by atoms with Crippen LogP contribution >= 0.6 is 0 Å². The van der Waals surface area contributed by atoms with Crippen molar-refractivity contribution in [2.75, 3.05) is 14.2 Å². The number of carbonyl (C=O) groups excluding carboxylic acids is 1. The summed E-state index contributed by atoms with van der Waals surface area (Å²) in [6, 6.07) is 14.4. The molecule has 8 nitrogen and oxygen atoms in total. The van der Waals surface area contributed by atoms with Gasteiger partial charge in [0.15, 0.2) is 0 Å². The topological polar surface area (TPSA) is 94.8 Å². The second kappa shape index (κ2) is 8.83. The van der Waals surface area contributed by atoms with Crippen LogP contribution in [0.25, 0.3) is 0 Å². The zero-order valence-corrected chi connectivity index (χ0v) is 15.9. The molecule has 2 aromatic carbocycles. The Morgan fingerprint density at radius 1 is 1.14 bits per heavy atom. The summed E-state index contributed by atoms with van der Waals surface area (Å²) in [6.45, 7) is 0.303. The number of hydrogen-bond acceptors (Lipinski definition) is 6. The molecule has 0 atom stereocenters. The number of non-ortho nitro benzene ring substituents is 1. The number of carbonyl (C=O) groups is 1. The van der Waals surface area contributed by atoms with Gasteiger partial charge in [-0.1, -0.05) is 6.07 Å². The number of methoxy groups -OCH3 is 1. The number of benzene rings is 2. The Morgan fingerprint density at radius 3 is 2.48 bits per heavy atom. The summed E-state index contributed by atoms with van der Waals surface area (Å²) < 4.78 is 10.9. The number of rotatable bonds is 7. The van der Waals surface area contributed by atoms with Crippen molar-refractivity contribution in [2.24, 2.45) is 0 Å². The molecule has 0 aliphatic carbocycles. The lowest BCUT2D eigenvalue weighted by atomic mass is 10.1. The van der Waals surface area contributed by atoms with Gasteiger partial charge in [-0.05, 0) is 42.0 Å². The molecule has 29 heavy (non-hydrogen) atoms. The molecule has 3 rings (SSSR count). The summed E-state index contributed by atoms with van der Waals surface area (Å²) >= 11 is 0. The van der Waals surface area contributed by atoms with Gasteiger partial charge in [-0.15, -0.1) is 0 Å². The number of amides is 1. The molecule has 0 aliphatic rings. The molecule has 0 aliphatic heterocycles. The number of aromatic nitrogens is 1. The van der Waals surface area contributed by atoms with Gasteiger partial charge in [0, 0.05) is 38.1 Å². The SMILES string of the molecule is COc1ccc(Oc2ccc([N+](=O)[O-])cc2C(=O)N(C)Cc2cccnc2)cc1. The standard InChI is InChI=1S/C21H19N3O5/c1-23(14-15-4-3-11-22-13-15)21(25)19-12-16(24(26)27)5-10-20(19)29-18-8-6-17(28-2)7-9-18/h3-13H,14H2,1-2H3. The van der Waals surface area contributed by atoms with Crippen LogP contribution in [-0.4, -0.2) is 34.9 Å². The number of nitro groups is 1. The third-order valence-corrected chi connectivity index (χ3v) is 4.18. The van der Waals surface area contributed by atoms with E-state index in [9.17, 15) is 14.9 Å². The van der Waals surface area contributed by atoms with Crippen LogP contribution < -0.4 is 9.47 Å². The van der Waals surface area contributed by atoms with Gasteiger partial charge in [-0.25, -0.2) is 0 Å². The lowest BCUT2D eigenvalue weighted by Gasteiger charge is -2.19. The van der Waals surface area contributed by atoms with Gasteiger partial charge in [0.2, 0.25) is 0 Å². The van der Waals surface area contributed by atoms with Crippen molar-refractivity contribution in [3.8, 4) is 17.2 Å². The fraction of sp³-hybridized carbons (Fsp3) is 0.143. The largest absolute Gasteiger partial charge is 0.497 e. The van der Waals surface area contributed by atoms with Crippen LogP contribution in [-0.2, 0) is 6.54 Å². The van der Waals surface area contributed by atoms with Crippen molar-refractivity contribution >= 4 is 11.6 Å². The summed E-state index contributed by atoms with van der Waals surface area (Å²) in [5.74, 6) is 0.960. The zero-order valence-electron chi connectivity index (χ0n) is 15.9. The van der Waals surface area contributed by atoms with E-state index in [1.807, 2.05) is 6.07 Å². The summed E-state index contributed by atoms with van der Waals surface area (Å²) in [5, 5.41) is 11.2. The van der Waals surface area contributed by atoms with E-state index in [-0.39, 0.29) is 17.0 Å². The maximum atomic E-state index is 13.0. The van der Waals surface area contributed by atoms with Crippen LogP contribution in [0.4, 0.5) is 5.69 Å². The van der Waals surface area contributed by atoms with E-state index >= 15 is 0 Å². The molecule has 0 spiro atoms. The third-order valence-electron chi connectivity index (χ3n) is 4.18. The van der Waals surface area contributed by atoms with E-state index in [2.05, 4.69) is 4.98 Å². The minimum Gasteiger partial charge on any atom is -0.497 e. The van der Waals surface area contributed by atoms with Crippen molar-refractivity contribution in [1.29, 1.82) is 0 Å². The second-order valence-electron chi connectivity index (χ2n) is 6.24. The van der Waals surface area contributed by atoms with Crippen molar-refractivity contribution in [3.05, 3.63) is 88.2 Å². The second-order valence-corrected chi connectivity index (χ2v) is 6.24. The molecule has 0 unspecified atom stereocenters. The number of pyridine rings is 1. The van der Waals surface area contributed by atoms with Crippen LogP contribution in [0.1, 0.15) is 15.9 Å². The maximum absolute atomic E-state index is 13.0. The van der Waals surface area contributed by atoms with Gasteiger partial charge in [0.25, 0.3) is 11.6 Å². The molecule has 0 N–H and O–H groups in total. The fourth-order valence-corrected chi connectivity index (χ4v) is 2.70. The smallest absolute Gasteiger partial charge is 0.270 e. The molecule has 0 radical (unpaired) electrons. The number of hydrogen-bond donors (Lipinski definition) is 0. The van der Waals surface area contributed by atoms with Crippen molar-refractivity contribution in [1.82, 2.24) is 9.88 Å².